The zero-order valence-corrected chi connectivity index (χ0v) is 9.66. The van der Waals surface area contributed by atoms with Crippen molar-refractivity contribution in [2.75, 3.05) is 13.1 Å². The van der Waals surface area contributed by atoms with Crippen molar-refractivity contribution in [3.05, 3.63) is 0 Å². The lowest BCUT2D eigenvalue weighted by Crippen LogP contribution is -2.62. The monoisotopic (exact) mass is 225 g/mol. The summed E-state index contributed by atoms with van der Waals surface area (Å²) >= 11 is 0. The number of nitrogens with one attached hydrogen (secondary N) is 1. The Kier molecular flexibility index (Phi) is 2.88. The average Bonchev–Trinajstić information content (AvgIpc) is 2.70. The van der Waals surface area contributed by atoms with Crippen molar-refractivity contribution in [3.63, 3.8) is 0 Å². The molecule has 1 saturated carbocycles. The van der Waals surface area contributed by atoms with Crippen molar-refractivity contribution < 1.29 is 9.59 Å². The van der Waals surface area contributed by atoms with E-state index in [0.29, 0.717) is 13.1 Å². The molecule has 5 nitrogen and oxygen atoms in total. The van der Waals surface area contributed by atoms with Crippen LogP contribution in [0.1, 0.15) is 32.6 Å². The van der Waals surface area contributed by atoms with Crippen molar-refractivity contribution in [1.29, 1.82) is 0 Å². The number of carbonyl (C=O) groups excluding carboxylic acids is 2. The molecular weight excluding hydrogens is 206 g/mol. The predicted molar refractivity (Wildman–Crippen MR) is 59.6 cm³/mol. The minimum atomic E-state index is -0.716. The summed E-state index contributed by atoms with van der Waals surface area (Å²) in [5, 5.41) is 2.75. The van der Waals surface area contributed by atoms with Crippen LogP contribution in [0.4, 0.5) is 0 Å². The molecule has 1 atom stereocenters. The summed E-state index contributed by atoms with van der Waals surface area (Å²) in [6.07, 6.45) is 3.51. The third-order valence-corrected chi connectivity index (χ3v) is 3.68. The van der Waals surface area contributed by atoms with E-state index in [0.717, 1.165) is 25.7 Å². The van der Waals surface area contributed by atoms with Crippen LogP contribution in [0.5, 0.6) is 0 Å². The molecule has 0 aromatic rings. The Hall–Kier alpha value is -1.10. The quantitative estimate of drug-likeness (QED) is 0.638. The normalized spacial score (nSPS) is 29.0. The number of carbonyl (C=O) groups is 2. The first-order valence-electron chi connectivity index (χ1n) is 5.92. The van der Waals surface area contributed by atoms with Crippen LogP contribution in [-0.4, -0.2) is 41.4 Å². The van der Waals surface area contributed by atoms with Gasteiger partial charge in [0.05, 0.1) is 5.54 Å². The third-order valence-electron chi connectivity index (χ3n) is 3.68. The molecule has 0 aromatic carbocycles. The van der Waals surface area contributed by atoms with Crippen molar-refractivity contribution in [2.24, 2.45) is 5.73 Å². The molecule has 1 aliphatic heterocycles. The highest BCUT2D eigenvalue weighted by atomic mass is 16.2. The molecule has 5 heteroatoms. The van der Waals surface area contributed by atoms with Gasteiger partial charge in [-0.2, -0.15) is 0 Å². The summed E-state index contributed by atoms with van der Waals surface area (Å²) in [6.45, 7) is 2.86. The van der Waals surface area contributed by atoms with Crippen LogP contribution in [0.15, 0.2) is 0 Å². The van der Waals surface area contributed by atoms with Crippen molar-refractivity contribution >= 4 is 11.8 Å². The van der Waals surface area contributed by atoms with Gasteiger partial charge in [-0.1, -0.05) is 12.8 Å². The number of nitrogens with zero attached hydrogens (tertiary/aromatic N) is 1. The van der Waals surface area contributed by atoms with Gasteiger partial charge in [0.1, 0.15) is 6.04 Å². The molecule has 2 rings (SSSR count). The highest BCUT2D eigenvalue weighted by molar-refractivity contribution is 5.92. The van der Waals surface area contributed by atoms with Gasteiger partial charge in [0.2, 0.25) is 11.8 Å². The van der Waals surface area contributed by atoms with Gasteiger partial charge in [-0.25, -0.2) is 0 Å². The number of hydrogen-bond acceptors (Lipinski definition) is 3. The first-order chi connectivity index (χ1) is 7.54. The second-order valence-corrected chi connectivity index (χ2v) is 4.83. The first-order valence-corrected chi connectivity index (χ1v) is 5.92. The summed E-state index contributed by atoms with van der Waals surface area (Å²) in [4.78, 5) is 25.4. The maximum Gasteiger partial charge on any atom is 0.243 e. The van der Waals surface area contributed by atoms with Crippen LogP contribution in [0, 0.1) is 0 Å². The molecule has 0 spiro atoms. The van der Waals surface area contributed by atoms with Crippen LogP contribution in [0.25, 0.3) is 0 Å². The van der Waals surface area contributed by atoms with Crippen molar-refractivity contribution in [3.8, 4) is 0 Å². The molecule has 0 bridgehead atoms. The lowest BCUT2D eigenvalue weighted by molar-refractivity contribution is -0.146. The molecule has 3 N–H and O–H groups in total. The van der Waals surface area contributed by atoms with E-state index >= 15 is 0 Å². The molecular formula is C11H19N3O2. The van der Waals surface area contributed by atoms with E-state index in [-0.39, 0.29) is 17.9 Å². The van der Waals surface area contributed by atoms with Gasteiger partial charge >= 0.3 is 0 Å². The van der Waals surface area contributed by atoms with E-state index in [1.165, 1.54) is 0 Å². The predicted octanol–water partition coefficient (Wildman–Crippen LogP) is -0.395. The number of rotatable bonds is 1. The van der Waals surface area contributed by atoms with E-state index in [2.05, 4.69) is 5.32 Å². The highest BCUT2D eigenvalue weighted by Gasteiger charge is 2.43. The molecule has 16 heavy (non-hydrogen) atoms. The third kappa shape index (κ3) is 1.80. The SMILES string of the molecule is CC1C(=O)NCCN1C(=O)C1(N)CCCC1. The maximum absolute atomic E-state index is 12.3. The number of hydrogen-bond donors (Lipinski definition) is 2. The van der Waals surface area contributed by atoms with Crippen LogP contribution >= 0.6 is 0 Å². The second-order valence-electron chi connectivity index (χ2n) is 4.83. The standard InChI is InChI=1S/C11H19N3O2/c1-8-9(15)13-6-7-14(8)10(16)11(12)4-2-3-5-11/h8H,2-7,12H2,1H3,(H,13,15). The summed E-state index contributed by atoms with van der Waals surface area (Å²) in [6, 6.07) is -0.387. The zero-order chi connectivity index (χ0) is 11.8. The Balaban J connectivity index is 2.11. The van der Waals surface area contributed by atoms with E-state index in [1.54, 1.807) is 11.8 Å². The van der Waals surface area contributed by atoms with E-state index < -0.39 is 5.54 Å². The molecule has 1 unspecified atom stereocenters. The number of piperazine rings is 1. The van der Waals surface area contributed by atoms with Gasteiger partial charge in [0.15, 0.2) is 0 Å². The van der Waals surface area contributed by atoms with Gasteiger partial charge in [-0.3, -0.25) is 9.59 Å². The number of nitrogens with two attached hydrogens (primary N) is 1. The fourth-order valence-corrected chi connectivity index (χ4v) is 2.57. The fourth-order valence-electron chi connectivity index (χ4n) is 2.57. The molecule has 1 saturated heterocycles. The fraction of sp³-hybridized carbons (Fsp3) is 0.818. The minimum absolute atomic E-state index is 0.0487. The summed E-state index contributed by atoms with van der Waals surface area (Å²) < 4.78 is 0. The minimum Gasteiger partial charge on any atom is -0.353 e. The molecule has 0 radical (unpaired) electrons. The topological polar surface area (TPSA) is 75.4 Å². The van der Waals surface area contributed by atoms with E-state index in [4.69, 9.17) is 5.73 Å². The molecule has 90 valence electrons. The summed E-state index contributed by atoms with van der Waals surface area (Å²) in [5.41, 5.74) is 5.40. The Morgan fingerprint density at radius 2 is 2.12 bits per heavy atom. The van der Waals surface area contributed by atoms with Crippen molar-refractivity contribution in [1.82, 2.24) is 10.2 Å². The molecule has 2 amide bonds. The van der Waals surface area contributed by atoms with Gasteiger partial charge in [0.25, 0.3) is 0 Å². The Morgan fingerprint density at radius 1 is 1.50 bits per heavy atom. The smallest absolute Gasteiger partial charge is 0.243 e. The van der Waals surface area contributed by atoms with Crippen LogP contribution in [0.3, 0.4) is 0 Å². The molecule has 1 heterocycles. The largest absolute Gasteiger partial charge is 0.353 e. The molecule has 2 aliphatic rings. The number of amides is 2. The van der Waals surface area contributed by atoms with Gasteiger partial charge in [-0.15, -0.1) is 0 Å². The van der Waals surface area contributed by atoms with Crippen LogP contribution in [-0.2, 0) is 9.59 Å². The average molecular weight is 225 g/mol. The molecule has 1 aliphatic carbocycles. The molecule has 0 aromatic heterocycles. The van der Waals surface area contributed by atoms with Gasteiger partial charge < -0.3 is 16.0 Å². The Morgan fingerprint density at radius 3 is 2.75 bits per heavy atom. The second kappa shape index (κ2) is 4.05. The summed E-state index contributed by atoms with van der Waals surface area (Å²) in [7, 11) is 0. The van der Waals surface area contributed by atoms with Gasteiger partial charge in [0, 0.05) is 13.1 Å². The Labute approximate surface area is 95.3 Å². The zero-order valence-electron chi connectivity index (χ0n) is 9.66. The van der Waals surface area contributed by atoms with Gasteiger partial charge in [-0.05, 0) is 19.8 Å². The van der Waals surface area contributed by atoms with Crippen LogP contribution in [0.2, 0.25) is 0 Å². The lowest BCUT2D eigenvalue weighted by atomic mass is 9.96. The summed E-state index contributed by atoms with van der Waals surface area (Å²) in [5.74, 6) is -0.131. The van der Waals surface area contributed by atoms with E-state index in [1.807, 2.05) is 0 Å². The Bertz CT molecular complexity index is 310. The van der Waals surface area contributed by atoms with Crippen LogP contribution < -0.4 is 11.1 Å². The molecule has 2 fully saturated rings. The first kappa shape index (κ1) is 11.4. The maximum atomic E-state index is 12.3. The highest BCUT2D eigenvalue weighted by Crippen LogP contribution is 2.29. The lowest BCUT2D eigenvalue weighted by Gasteiger charge is -2.37. The van der Waals surface area contributed by atoms with Crippen molar-refractivity contribution in [2.45, 2.75) is 44.2 Å². The van der Waals surface area contributed by atoms with E-state index in [9.17, 15) is 9.59 Å².